The summed E-state index contributed by atoms with van der Waals surface area (Å²) in [6.07, 6.45) is -0.000463. The van der Waals surface area contributed by atoms with Gasteiger partial charge in [0, 0.05) is 0 Å². The van der Waals surface area contributed by atoms with Crippen LogP contribution in [-0.2, 0) is 14.4 Å². The summed E-state index contributed by atoms with van der Waals surface area (Å²) in [5, 5.41) is 26.3. The number of hydrogen-bond donors (Lipinski definition) is 4. The highest BCUT2D eigenvalue weighted by atomic mass is 16.4. The fourth-order valence-electron chi connectivity index (χ4n) is 2.12. The Morgan fingerprint density at radius 3 is 1.62 bits per heavy atom. The Kier molecular flexibility index (Phi) is 3.48. The first-order valence-electron chi connectivity index (χ1n) is 4.78. The number of carboxylic acids is 3. The summed E-state index contributed by atoms with van der Waals surface area (Å²) in [5.74, 6) is -6.36. The van der Waals surface area contributed by atoms with Crippen LogP contribution >= 0.6 is 0 Å². The molecule has 90 valence electrons. The van der Waals surface area contributed by atoms with Crippen molar-refractivity contribution in [2.24, 2.45) is 23.5 Å². The maximum Gasteiger partial charge on any atom is 0.320 e. The van der Waals surface area contributed by atoms with E-state index in [0.29, 0.717) is 0 Å². The van der Waals surface area contributed by atoms with Crippen LogP contribution in [0.3, 0.4) is 0 Å². The monoisotopic (exact) mass is 231 g/mol. The van der Waals surface area contributed by atoms with Gasteiger partial charge in [0.05, 0.1) is 11.8 Å². The van der Waals surface area contributed by atoms with E-state index in [1.165, 1.54) is 0 Å². The zero-order valence-electron chi connectivity index (χ0n) is 8.37. The Hall–Kier alpha value is -1.63. The first kappa shape index (κ1) is 12.4. The van der Waals surface area contributed by atoms with Crippen LogP contribution in [-0.4, -0.2) is 39.3 Å². The van der Waals surface area contributed by atoms with E-state index in [1.54, 1.807) is 0 Å². The van der Waals surface area contributed by atoms with Crippen molar-refractivity contribution in [1.82, 2.24) is 0 Å². The van der Waals surface area contributed by atoms with E-state index < -0.39 is 41.7 Å². The van der Waals surface area contributed by atoms with Gasteiger partial charge >= 0.3 is 17.9 Å². The number of rotatable bonds is 4. The van der Waals surface area contributed by atoms with Gasteiger partial charge in [0.15, 0.2) is 0 Å². The van der Waals surface area contributed by atoms with Crippen LogP contribution in [0.25, 0.3) is 0 Å². The predicted octanol–water partition coefficient (Wildman–Crippen LogP) is -0.790. The number of nitrogens with two attached hydrogens (primary N) is 1. The lowest BCUT2D eigenvalue weighted by Gasteiger charge is -2.13. The second kappa shape index (κ2) is 4.48. The Morgan fingerprint density at radius 1 is 1.00 bits per heavy atom. The van der Waals surface area contributed by atoms with Crippen molar-refractivity contribution in [1.29, 1.82) is 0 Å². The summed E-state index contributed by atoms with van der Waals surface area (Å²) in [7, 11) is 0. The van der Waals surface area contributed by atoms with E-state index in [9.17, 15) is 14.4 Å². The first-order chi connectivity index (χ1) is 7.34. The van der Waals surface area contributed by atoms with Crippen LogP contribution in [0, 0.1) is 17.8 Å². The van der Waals surface area contributed by atoms with E-state index in [4.69, 9.17) is 21.1 Å². The molecule has 0 heterocycles. The standard InChI is InChI=1S/C9H13NO6/c10-6(9(15)16)3-1-4(7(11)12)5(2-3)8(13)14/h3-6H,1-2,10H2,(H,11,12)(H,13,14)(H,15,16)/t3?,4-,5+,6-/m0/s1. The third kappa shape index (κ3) is 2.30. The topological polar surface area (TPSA) is 138 Å². The normalized spacial score (nSPS) is 30.9. The second-order valence-electron chi connectivity index (χ2n) is 3.98. The van der Waals surface area contributed by atoms with E-state index >= 15 is 0 Å². The minimum Gasteiger partial charge on any atom is -0.481 e. The Labute approximate surface area is 90.9 Å². The summed E-state index contributed by atoms with van der Waals surface area (Å²) in [6, 6.07) is -1.20. The van der Waals surface area contributed by atoms with Crippen LogP contribution in [0.5, 0.6) is 0 Å². The van der Waals surface area contributed by atoms with Gasteiger partial charge in [0.2, 0.25) is 0 Å². The molecule has 1 saturated carbocycles. The predicted molar refractivity (Wildman–Crippen MR) is 50.6 cm³/mol. The highest BCUT2D eigenvalue weighted by Gasteiger charge is 2.46. The summed E-state index contributed by atoms with van der Waals surface area (Å²) in [6.45, 7) is 0. The van der Waals surface area contributed by atoms with Crippen molar-refractivity contribution in [2.75, 3.05) is 0 Å². The molecule has 4 atom stereocenters. The average Bonchev–Trinajstić information content (AvgIpc) is 2.60. The van der Waals surface area contributed by atoms with Gasteiger partial charge in [-0.05, 0) is 18.8 Å². The van der Waals surface area contributed by atoms with Crippen molar-refractivity contribution in [3.8, 4) is 0 Å². The molecular weight excluding hydrogens is 218 g/mol. The van der Waals surface area contributed by atoms with E-state index in [0.717, 1.165) is 0 Å². The molecule has 1 rings (SSSR count). The van der Waals surface area contributed by atoms with Gasteiger partial charge < -0.3 is 21.1 Å². The average molecular weight is 231 g/mol. The van der Waals surface area contributed by atoms with Gasteiger partial charge in [-0.3, -0.25) is 14.4 Å². The molecule has 1 unspecified atom stereocenters. The lowest BCUT2D eigenvalue weighted by atomic mass is 9.97. The quantitative estimate of drug-likeness (QED) is 0.497. The molecule has 0 bridgehead atoms. The number of carbonyl (C=O) groups is 3. The largest absolute Gasteiger partial charge is 0.481 e. The zero-order chi connectivity index (χ0) is 12.5. The van der Waals surface area contributed by atoms with Crippen molar-refractivity contribution < 1.29 is 29.7 Å². The van der Waals surface area contributed by atoms with Gasteiger partial charge in [-0.25, -0.2) is 0 Å². The Bertz CT molecular complexity index is 306. The fourth-order valence-corrected chi connectivity index (χ4v) is 2.12. The van der Waals surface area contributed by atoms with E-state index in [-0.39, 0.29) is 12.8 Å². The first-order valence-corrected chi connectivity index (χ1v) is 4.78. The molecule has 16 heavy (non-hydrogen) atoms. The number of carboxylic acid groups (broad SMARTS) is 3. The molecule has 0 saturated heterocycles. The van der Waals surface area contributed by atoms with E-state index in [2.05, 4.69) is 0 Å². The molecular formula is C9H13NO6. The third-order valence-electron chi connectivity index (χ3n) is 3.03. The van der Waals surface area contributed by atoms with E-state index in [1.807, 2.05) is 0 Å². The second-order valence-corrected chi connectivity index (χ2v) is 3.98. The summed E-state index contributed by atoms with van der Waals surface area (Å²) >= 11 is 0. The molecule has 1 aliphatic carbocycles. The molecule has 1 aliphatic rings. The van der Waals surface area contributed by atoms with Crippen molar-refractivity contribution >= 4 is 17.9 Å². The molecule has 1 fully saturated rings. The molecule has 0 amide bonds. The summed E-state index contributed by atoms with van der Waals surface area (Å²) in [4.78, 5) is 32.2. The van der Waals surface area contributed by atoms with Crippen LogP contribution in [0.1, 0.15) is 12.8 Å². The lowest BCUT2D eigenvalue weighted by molar-refractivity contribution is -0.152. The SMILES string of the molecule is N[C@H](C(=O)O)C1C[C@H](C(=O)O)[C@H](C(=O)O)C1. The highest BCUT2D eigenvalue weighted by molar-refractivity contribution is 5.81. The Balaban J connectivity index is 2.80. The lowest BCUT2D eigenvalue weighted by Crippen LogP contribution is -2.37. The molecule has 0 aromatic heterocycles. The fraction of sp³-hybridized carbons (Fsp3) is 0.667. The van der Waals surface area contributed by atoms with Crippen LogP contribution in [0.4, 0.5) is 0 Å². The maximum absolute atomic E-state index is 10.8. The van der Waals surface area contributed by atoms with Gasteiger partial charge in [-0.15, -0.1) is 0 Å². The Morgan fingerprint density at radius 2 is 1.38 bits per heavy atom. The molecule has 5 N–H and O–H groups in total. The van der Waals surface area contributed by atoms with Crippen molar-refractivity contribution in [3.05, 3.63) is 0 Å². The van der Waals surface area contributed by atoms with Crippen LogP contribution in [0.2, 0.25) is 0 Å². The number of hydrogen-bond acceptors (Lipinski definition) is 4. The molecule has 0 aromatic carbocycles. The highest BCUT2D eigenvalue weighted by Crippen LogP contribution is 2.38. The molecule has 7 heteroatoms. The molecule has 0 aliphatic heterocycles. The summed E-state index contributed by atoms with van der Waals surface area (Å²) < 4.78 is 0. The van der Waals surface area contributed by atoms with Gasteiger partial charge in [-0.2, -0.15) is 0 Å². The van der Waals surface area contributed by atoms with Crippen LogP contribution < -0.4 is 5.73 Å². The molecule has 0 aromatic rings. The summed E-state index contributed by atoms with van der Waals surface area (Å²) in [5.41, 5.74) is 5.36. The van der Waals surface area contributed by atoms with Gasteiger partial charge in [0.1, 0.15) is 6.04 Å². The smallest absolute Gasteiger partial charge is 0.320 e. The maximum atomic E-state index is 10.8. The van der Waals surface area contributed by atoms with Crippen LogP contribution in [0.15, 0.2) is 0 Å². The number of aliphatic carboxylic acids is 3. The zero-order valence-corrected chi connectivity index (χ0v) is 8.37. The van der Waals surface area contributed by atoms with Crippen molar-refractivity contribution in [2.45, 2.75) is 18.9 Å². The van der Waals surface area contributed by atoms with Crippen molar-refractivity contribution in [3.63, 3.8) is 0 Å². The molecule has 0 radical (unpaired) electrons. The molecule has 7 nitrogen and oxygen atoms in total. The minimum absolute atomic E-state index is 0.000231. The molecule has 0 spiro atoms. The van der Waals surface area contributed by atoms with Gasteiger partial charge in [-0.1, -0.05) is 0 Å². The third-order valence-corrected chi connectivity index (χ3v) is 3.03. The van der Waals surface area contributed by atoms with Gasteiger partial charge in [0.25, 0.3) is 0 Å². The minimum atomic E-state index is -1.24.